The number of alkyl halides is 3. The van der Waals surface area contributed by atoms with Gasteiger partial charge in [-0.1, -0.05) is 12.1 Å². The molecule has 28 heavy (non-hydrogen) atoms. The molecular formula is C19H15F3N2O4. The Hall–Kier alpha value is -3.36. The van der Waals surface area contributed by atoms with Crippen molar-refractivity contribution in [2.75, 3.05) is 11.9 Å². The van der Waals surface area contributed by atoms with Crippen molar-refractivity contribution in [2.45, 2.75) is 19.0 Å². The van der Waals surface area contributed by atoms with Gasteiger partial charge in [-0.15, -0.1) is 0 Å². The van der Waals surface area contributed by atoms with E-state index in [0.29, 0.717) is 17.0 Å². The number of rotatable bonds is 6. The first-order valence-electron chi connectivity index (χ1n) is 8.28. The largest absolute Gasteiger partial charge is 0.456 e. The van der Waals surface area contributed by atoms with Gasteiger partial charge in [0.15, 0.2) is 18.1 Å². The number of nitrogens with zero attached hydrogens (tertiary/aromatic N) is 1. The summed E-state index contributed by atoms with van der Waals surface area (Å²) >= 11 is 0. The third kappa shape index (κ3) is 5.09. The van der Waals surface area contributed by atoms with Crippen LogP contribution in [0.1, 0.15) is 17.9 Å². The van der Waals surface area contributed by atoms with Crippen molar-refractivity contribution in [3.05, 3.63) is 60.0 Å². The number of anilines is 1. The van der Waals surface area contributed by atoms with E-state index in [4.69, 9.17) is 9.15 Å². The van der Waals surface area contributed by atoms with E-state index < -0.39 is 30.2 Å². The molecule has 1 amide bonds. The Morgan fingerprint density at radius 1 is 1.07 bits per heavy atom. The van der Waals surface area contributed by atoms with Crippen molar-refractivity contribution >= 4 is 28.7 Å². The molecule has 0 saturated carbocycles. The first-order chi connectivity index (χ1) is 13.3. The summed E-state index contributed by atoms with van der Waals surface area (Å²) in [6.45, 7) is -0.548. The van der Waals surface area contributed by atoms with Crippen LogP contribution in [0, 0.1) is 0 Å². The van der Waals surface area contributed by atoms with Crippen LogP contribution in [-0.2, 0) is 26.9 Å². The number of oxazole rings is 1. The van der Waals surface area contributed by atoms with Gasteiger partial charge in [0.05, 0.1) is 12.0 Å². The molecule has 0 unspecified atom stereocenters. The molecule has 3 aromatic rings. The number of hydrogen-bond donors (Lipinski definition) is 1. The molecule has 0 radical (unpaired) electrons. The predicted molar refractivity (Wildman–Crippen MR) is 93.4 cm³/mol. The van der Waals surface area contributed by atoms with Crippen molar-refractivity contribution in [3.63, 3.8) is 0 Å². The topological polar surface area (TPSA) is 81.4 Å². The van der Waals surface area contributed by atoms with Crippen molar-refractivity contribution < 1.29 is 31.9 Å². The van der Waals surface area contributed by atoms with Crippen molar-refractivity contribution in [1.82, 2.24) is 4.98 Å². The van der Waals surface area contributed by atoms with Gasteiger partial charge in [0.2, 0.25) is 0 Å². The third-order valence-corrected chi connectivity index (χ3v) is 3.74. The molecule has 1 heterocycles. The van der Waals surface area contributed by atoms with Gasteiger partial charge in [0, 0.05) is 12.1 Å². The highest BCUT2D eigenvalue weighted by atomic mass is 19.4. The normalized spacial score (nSPS) is 11.4. The van der Waals surface area contributed by atoms with E-state index in [1.807, 2.05) is 6.07 Å². The van der Waals surface area contributed by atoms with Crippen molar-refractivity contribution in [2.24, 2.45) is 0 Å². The Bertz CT molecular complexity index is 948. The molecule has 146 valence electrons. The second kappa shape index (κ2) is 8.12. The van der Waals surface area contributed by atoms with E-state index in [0.717, 1.165) is 24.3 Å². The minimum Gasteiger partial charge on any atom is -0.456 e. The zero-order chi connectivity index (χ0) is 20.1. The minimum atomic E-state index is -4.45. The Kier molecular flexibility index (Phi) is 5.62. The first-order valence-corrected chi connectivity index (χ1v) is 8.28. The van der Waals surface area contributed by atoms with E-state index in [9.17, 15) is 22.8 Å². The maximum absolute atomic E-state index is 12.5. The van der Waals surface area contributed by atoms with Gasteiger partial charge in [-0.25, -0.2) is 4.98 Å². The average molecular weight is 392 g/mol. The molecule has 6 nitrogen and oxygen atoms in total. The number of aromatic nitrogens is 1. The van der Waals surface area contributed by atoms with E-state index in [1.54, 1.807) is 18.2 Å². The summed E-state index contributed by atoms with van der Waals surface area (Å²) in [5, 5.41) is 2.35. The number of amides is 1. The molecule has 0 spiro atoms. The Balaban J connectivity index is 1.43. The summed E-state index contributed by atoms with van der Waals surface area (Å²) in [4.78, 5) is 27.7. The lowest BCUT2D eigenvalue weighted by Gasteiger charge is -2.09. The zero-order valence-corrected chi connectivity index (χ0v) is 14.5. The van der Waals surface area contributed by atoms with Gasteiger partial charge in [-0.3, -0.25) is 9.59 Å². The third-order valence-electron chi connectivity index (χ3n) is 3.74. The molecule has 0 bridgehead atoms. The van der Waals surface area contributed by atoms with Gasteiger partial charge in [0.1, 0.15) is 5.52 Å². The molecule has 0 aliphatic heterocycles. The Labute approximate surface area is 157 Å². The van der Waals surface area contributed by atoms with Crippen LogP contribution in [0.4, 0.5) is 18.9 Å². The predicted octanol–water partition coefficient (Wildman–Crippen LogP) is 3.96. The standard InChI is InChI=1S/C19H15F3N2O4/c20-19(21,22)12-5-7-13(8-6-12)23-16(25)11-27-18(26)10-9-17-24-14-3-1-2-4-15(14)28-17/h1-8H,9-11H2,(H,23,25). The monoisotopic (exact) mass is 392 g/mol. The van der Waals surface area contributed by atoms with Gasteiger partial charge in [-0.2, -0.15) is 13.2 Å². The minimum absolute atomic E-state index is 0.0274. The summed E-state index contributed by atoms with van der Waals surface area (Å²) in [7, 11) is 0. The van der Waals surface area contributed by atoms with Crippen LogP contribution in [0.5, 0.6) is 0 Å². The highest BCUT2D eigenvalue weighted by Gasteiger charge is 2.30. The number of halogens is 3. The SMILES string of the molecule is O=C(COC(=O)CCc1nc2ccccc2o1)Nc1ccc(C(F)(F)F)cc1. The van der Waals surface area contributed by atoms with E-state index in [-0.39, 0.29) is 18.5 Å². The summed E-state index contributed by atoms with van der Waals surface area (Å²) in [5.74, 6) is -0.896. The lowest BCUT2D eigenvalue weighted by molar-refractivity contribution is -0.147. The first kappa shape index (κ1) is 19.4. The fraction of sp³-hybridized carbons (Fsp3) is 0.211. The molecule has 9 heteroatoms. The lowest BCUT2D eigenvalue weighted by atomic mass is 10.2. The maximum Gasteiger partial charge on any atom is 0.416 e. The molecular weight excluding hydrogens is 377 g/mol. The smallest absolute Gasteiger partial charge is 0.416 e. The number of carbonyl (C=O) groups excluding carboxylic acids is 2. The molecule has 0 fully saturated rings. The lowest BCUT2D eigenvalue weighted by Crippen LogP contribution is -2.21. The summed E-state index contributed by atoms with van der Waals surface area (Å²) in [6, 6.07) is 11.1. The second-order valence-electron chi connectivity index (χ2n) is 5.86. The quantitative estimate of drug-likeness (QED) is 0.642. The van der Waals surface area contributed by atoms with Gasteiger partial charge in [-0.05, 0) is 36.4 Å². The Morgan fingerprint density at radius 2 is 1.79 bits per heavy atom. The fourth-order valence-electron chi connectivity index (χ4n) is 2.39. The van der Waals surface area contributed by atoms with E-state index in [1.165, 1.54) is 0 Å². The van der Waals surface area contributed by atoms with Crippen molar-refractivity contribution in [3.8, 4) is 0 Å². The number of ether oxygens (including phenoxy) is 1. The second-order valence-corrected chi connectivity index (χ2v) is 5.86. The number of aryl methyl sites for hydroxylation is 1. The number of para-hydroxylation sites is 2. The fourth-order valence-corrected chi connectivity index (χ4v) is 2.39. The van der Waals surface area contributed by atoms with Crippen LogP contribution in [-0.4, -0.2) is 23.5 Å². The highest BCUT2D eigenvalue weighted by molar-refractivity contribution is 5.92. The zero-order valence-electron chi connectivity index (χ0n) is 14.5. The van der Waals surface area contributed by atoms with Crippen LogP contribution in [0.15, 0.2) is 52.9 Å². The molecule has 0 saturated heterocycles. The van der Waals surface area contributed by atoms with E-state index in [2.05, 4.69) is 10.3 Å². The summed E-state index contributed by atoms with van der Waals surface area (Å²) in [5.41, 5.74) is 0.639. The van der Waals surface area contributed by atoms with Gasteiger partial charge in [0.25, 0.3) is 5.91 Å². The van der Waals surface area contributed by atoms with E-state index >= 15 is 0 Å². The molecule has 1 aromatic heterocycles. The molecule has 1 N–H and O–H groups in total. The number of carbonyl (C=O) groups is 2. The van der Waals surface area contributed by atoms with Gasteiger partial charge >= 0.3 is 12.1 Å². The number of hydrogen-bond acceptors (Lipinski definition) is 5. The number of nitrogens with one attached hydrogen (secondary N) is 1. The molecule has 0 aliphatic rings. The van der Waals surface area contributed by atoms with Crippen molar-refractivity contribution in [1.29, 1.82) is 0 Å². The van der Waals surface area contributed by atoms with Crippen LogP contribution < -0.4 is 5.32 Å². The summed E-state index contributed by atoms with van der Waals surface area (Å²) in [6.07, 6.45) is -4.26. The summed E-state index contributed by atoms with van der Waals surface area (Å²) < 4.78 is 47.8. The van der Waals surface area contributed by atoms with Crippen LogP contribution in [0.2, 0.25) is 0 Å². The molecule has 3 rings (SSSR count). The highest BCUT2D eigenvalue weighted by Crippen LogP contribution is 2.29. The average Bonchev–Trinajstić information content (AvgIpc) is 3.07. The molecule has 0 aliphatic carbocycles. The molecule has 0 atom stereocenters. The number of benzene rings is 2. The Morgan fingerprint density at radius 3 is 2.46 bits per heavy atom. The van der Waals surface area contributed by atoms with Crippen LogP contribution >= 0.6 is 0 Å². The molecule has 2 aromatic carbocycles. The van der Waals surface area contributed by atoms with Crippen LogP contribution in [0.3, 0.4) is 0 Å². The van der Waals surface area contributed by atoms with Crippen LogP contribution in [0.25, 0.3) is 11.1 Å². The number of esters is 1. The van der Waals surface area contributed by atoms with Gasteiger partial charge < -0.3 is 14.5 Å². The maximum atomic E-state index is 12.5. The number of fused-ring (bicyclic) bond motifs is 1.